The Morgan fingerprint density at radius 2 is 1.84 bits per heavy atom. The summed E-state index contributed by atoms with van der Waals surface area (Å²) in [6.07, 6.45) is 5.37. The smallest absolute Gasteiger partial charge is 0.272 e. The Balaban J connectivity index is 1.68. The maximum atomic E-state index is 12.8. The Labute approximate surface area is 150 Å². The lowest BCUT2D eigenvalue weighted by atomic mass is 10.0. The van der Waals surface area contributed by atoms with Gasteiger partial charge in [0, 0.05) is 50.9 Å². The van der Waals surface area contributed by atoms with Crippen LogP contribution in [0.2, 0.25) is 0 Å². The van der Waals surface area contributed by atoms with E-state index in [1.54, 1.807) is 6.20 Å². The van der Waals surface area contributed by atoms with E-state index in [9.17, 15) is 4.79 Å². The molecule has 0 aromatic carbocycles. The van der Waals surface area contributed by atoms with Crippen LogP contribution in [-0.4, -0.2) is 61.0 Å². The van der Waals surface area contributed by atoms with E-state index in [1.165, 1.54) is 0 Å². The van der Waals surface area contributed by atoms with Gasteiger partial charge < -0.3 is 19.3 Å². The first-order valence-corrected chi connectivity index (χ1v) is 9.45. The molecule has 6 heteroatoms. The summed E-state index contributed by atoms with van der Waals surface area (Å²) < 4.78 is 11.6. The van der Waals surface area contributed by atoms with E-state index in [0.29, 0.717) is 18.9 Å². The number of anilines is 1. The normalized spacial score (nSPS) is 19.4. The Bertz CT molecular complexity index is 571. The van der Waals surface area contributed by atoms with Crippen LogP contribution >= 0.6 is 0 Å². The lowest BCUT2D eigenvalue weighted by molar-refractivity contribution is -0.169. The number of aromatic nitrogens is 1. The van der Waals surface area contributed by atoms with Crippen molar-refractivity contribution in [3.63, 3.8) is 0 Å². The molecular weight excluding hydrogens is 318 g/mol. The minimum absolute atomic E-state index is 0.0292. The maximum Gasteiger partial charge on any atom is 0.272 e. The lowest BCUT2D eigenvalue weighted by Crippen LogP contribution is -2.45. The van der Waals surface area contributed by atoms with Crippen molar-refractivity contribution in [3.8, 4) is 0 Å². The number of rotatable bonds is 6. The molecule has 0 radical (unpaired) electrons. The minimum atomic E-state index is -0.374. The van der Waals surface area contributed by atoms with Gasteiger partial charge in [0.15, 0.2) is 5.79 Å². The monoisotopic (exact) mass is 347 g/mol. The summed E-state index contributed by atoms with van der Waals surface area (Å²) in [4.78, 5) is 21.3. The van der Waals surface area contributed by atoms with E-state index < -0.39 is 0 Å². The maximum absolute atomic E-state index is 12.8. The van der Waals surface area contributed by atoms with E-state index in [0.717, 1.165) is 57.5 Å². The first-order valence-electron chi connectivity index (χ1n) is 9.45. The van der Waals surface area contributed by atoms with Crippen LogP contribution in [0.1, 0.15) is 50.0 Å². The number of pyridine rings is 1. The van der Waals surface area contributed by atoms with Crippen molar-refractivity contribution in [2.45, 2.75) is 45.3 Å². The molecule has 1 spiro atoms. The Morgan fingerprint density at radius 1 is 1.20 bits per heavy atom. The largest absolute Gasteiger partial charge is 0.371 e. The molecule has 25 heavy (non-hydrogen) atoms. The van der Waals surface area contributed by atoms with Gasteiger partial charge in [-0.25, -0.2) is 0 Å². The Kier molecular flexibility index (Phi) is 5.91. The fraction of sp³-hybridized carbons (Fsp3) is 0.684. The predicted octanol–water partition coefficient (Wildman–Crippen LogP) is 2.69. The molecule has 3 heterocycles. The van der Waals surface area contributed by atoms with Crippen LogP contribution in [0, 0.1) is 0 Å². The molecule has 0 unspecified atom stereocenters. The standard InChI is InChI=1S/C19H29N3O3/c1-3-9-22(10-4-2)18(23)17-15-16(5-8-20-17)21-11-6-19(7-12-21)24-13-14-25-19/h5,8,15H,3-4,6-7,9-14H2,1-2H3. The molecule has 1 aromatic rings. The molecule has 0 atom stereocenters. The highest BCUT2D eigenvalue weighted by Crippen LogP contribution is 2.33. The summed E-state index contributed by atoms with van der Waals surface area (Å²) in [7, 11) is 0. The highest BCUT2D eigenvalue weighted by atomic mass is 16.7. The Morgan fingerprint density at radius 3 is 2.44 bits per heavy atom. The van der Waals surface area contributed by atoms with Crippen molar-refractivity contribution in [1.29, 1.82) is 0 Å². The zero-order valence-electron chi connectivity index (χ0n) is 15.4. The number of carbonyl (C=O) groups excluding carboxylic acids is 1. The summed E-state index contributed by atoms with van der Waals surface area (Å²) in [5.41, 5.74) is 1.59. The molecule has 2 fully saturated rings. The quantitative estimate of drug-likeness (QED) is 0.792. The summed E-state index contributed by atoms with van der Waals surface area (Å²) in [6.45, 7) is 8.86. The molecule has 2 aliphatic heterocycles. The molecular formula is C19H29N3O3. The highest BCUT2D eigenvalue weighted by molar-refractivity contribution is 5.93. The minimum Gasteiger partial charge on any atom is -0.371 e. The summed E-state index contributed by atoms with van der Waals surface area (Å²) >= 11 is 0. The molecule has 2 aliphatic rings. The van der Waals surface area contributed by atoms with Crippen molar-refractivity contribution < 1.29 is 14.3 Å². The number of amides is 1. The fourth-order valence-electron chi connectivity index (χ4n) is 3.64. The molecule has 1 aromatic heterocycles. The van der Waals surface area contributed by atoms with Gasteiger partial charge >= 0.3 is 0 Å². The van der Waals surface area contributed by atoms with Crippen LogP contribution in [0.4, 0.5) is 5.69 Å². The second-order valence-electron chi connectivity index (χ2n) is 6.79. The zero-order valence-corrected chi connectivity index (χ0v) is 15.4. The van der Waals surface area contributed by atoms with Crippen LogP contribution < -0.4 is 4.90 Å². The van der Waals surface area contributed by atoms with Crippen molar-refractivity contribution in [1.82, 2.24) is 9.88 Å². The lowest BCUT2D eigenvalue weighted by Gasteiger charge is -2.38. The number of hydrogen-bond donors (Lipinski definition) is 0. The highest BCUT2D eigenvalue weighted by Gasteiger charge is 2.39. The van der Waals surface area contributed by atoms with Crippen LogP contribution in [0.5, 0.6) is 0 Å². The van der Waals surface area contributed by atoms with Crippen molar-refractivity contribution in [2.24, 2.45) is 0 Å². The van der Waals surface area contributed by atoms with Crippen LogP contribution in [0.25, 0.3) is 0 Å². The number of ether oxygens (including phenoxy) is 2. The van der Waals surface area contributed by atoms with E-state index >= 15 is 0 Å². The van der Waals surface area contributed by atoms with Crippen LogP contribution in [0.15, 0.2) is 18.3 Å². The van der Waals surface area contributed by atoms with Gasteiger partial charge in [0.05, 0.1) is 13.2 Å². The molecule has 1 amide bonds. The van der Waals surface area contributed by atoms with Crippen LogP contribution in [-0.2, 0) is 9.47 Å². The average Bonchev–Trinajstić information content (AvgIpc) is 3.10. The van der Waals surface area contributed by atoms with Gasteiger partial charge in [-0.3, -0.25) is 9.78 Å². The van der Waals surface area contributed by atoms with E-state index in [1.807, 2.05) is 17.0 Å². The molecule has 2 saturated heterocycles. The van der Waals surface area contributed by atoms with E-state index in [2.05, 4.69) is 23.7 Å². The van der Waals surface area contributed by atoms with E-state index in [4.69, 9.17) is 9.47 Å². The van der Waals surface area contributed by atoms with Crippen molar-refractivity contribution in [3.05, 3.63) is 24.0 Å². The number of hydrogen-bond acceptors (Lipinski definition) is 5. The number of nitrogens with zero attached hydrogens (tertiary/aromatic N) is 3. The van der Waals surface area contributed by atoms with Gasteiger partial charge in [-0.1, -0.05) is 13.8 Å². The van der Waals surface area contributed by atoms with E-state index in [-0.39, 0.29) is 11.7 Å². The van der Waals surface area contributed by atoms with Gasteiger partial charge in [-0.2, -0.15) is 0 Å². The van der Waals surface area contributed by atoms with Gasteiger partial charge in [-0.15, -0.1) is 0 Å². The summed E-state index contributed by atoms with van der Waals surface area (Å²) in [5, 5.41) is 0. The van der Waals surface area contributed by atoms with Gasteiger partial charge in [0.2, 0.25) is 0 Å². The second-order valence-corrected chi connectivity index (χ2v) is 6.79. The topological polar surface area (TPSA) is 54.9 Å². The second kappa shape index (κ2) is 8.15. The molecule has 3 rings (SSSR count). The predicted molar refractivity (Wildman–Crippen MR) is 96.8 cm³/mol. The first kappa shape index (κ1) is 18.1. The molecule has 6 nitrogen and oxygen atoms in total. The third kappa shape index (κ3) is 4.12. The molecule has 138 valence electrons. The number of piperidine rings is 1. The fourth-order valence-corrected chi connectivity index (χ4v) is 3.64. The van der Waals surface area contributed by atoms with Gasteiger partial charge in [0.1, 0.15) is 5.69 Å². The van der Waals surface area contributed by atoms with Gasteiger partial charge in [-0.05, 0) is 25.0 Å². The SMILES string of the molecule is CCCN(CCC)C(=O)c1cc(N2CCC3(CC2)OCCO3)ccn1. The van der Waals surface area contributed by atoms with Gasteiger partial charge in [0.25, 0.3) is 5.91 Å². The third-order valence-electron chi connectivity index (χ3n) is 4.94. The third-order valence-corrected chi connectivity index (χ3v) is 4.94. The molecule has 0 N–H and O–H groups in total. The van der Waals surface area contributed by atoms with Crippen molar-refractivity contribution in [2.75, 3.05) is 44.3 Å². The molecule has 0 aliphatic carbocycles. The Hall–Kier alpha value is -1.66. The summed E-state index contributed by atoms with van der Waals surface area (Å²) in [5.74, 6) is -0.345. The summed E-state index contributed by atoms with van der Waals surface area (Å²) in [6, 6.07) is 3.91. The molecule has 0 bridgehead atoms. The van der Waals surface area contributed by atoms with Crippen LogP contribution in [0.3, 0.4) is 0 Å². The average molecular weight is 347 g/mol. The molecule has 0 saturated carbocycles. The number of carbonyl (C=O) groups is 1. The first-order chi connectivity index (χ1) is 12.2. The van der Waals surface area contributed by atoms with Crippen molar-refractivity contribution >= 4 is 11.6 Å². The zero-order chi connectivity index (χ0) is 17.7.